The van der Waals surface area contributed by atoms with Gasteiger partial charge in [-0.05, 0) is 29.2 Å². The summed E-state index contributed by atoms with van der Waals surface area (Å²) >= 11 is 0. The molecule has 0 aliphatic carbocycles. The number of benzene rings is 1. The third-order valence-electron chi connectivity index (χ3n) is 2.92. The fraction of sp³-hybridized carbons (Fsp3) is 0.267. The molecule has 2 N–H and O–H groups in total. The zero-order valence-corrected chi connectivity index (χ0v) is 10.1. The highest BCUT2D eigenvalue weighted by molar-refractivity contribution is 5.31. The van der Waals surface area contributed by atoms with Gasteiger partial charge in [-0.2, -0.15) is 0 Å². The largest absolute Gasteiger partial charge is 0.320 e. The van der Waals surface area contributed by atoms with Gasteiger partial charge in [-0.15, -0.1) is 0 Å². The lowest BCUT2D eigenvalue weighted by Crippen LogP contribution is -2.11. The molecule has 1 atom stereocenters. The number of hydrogen-bond acceptors (Lipinski definition) is 2. The van der Waals surface area contributed by atoms with Crippen LogP contribution in [-0.2, 0) is 6.42 Å². The predicted octanol–water partition coefficient (Wildman–Crippen LogP) is 3.08. The molecular formula is C15H18N2. The fourth-order valence-corrected chi connectivity index (χ4v) is 1.93. The first-order valence-corrected chi connectivity index (χ1v) is 6.05. The smallest absolute Gasteiger partial charge is 0.0566 e. The van der Waals surface area contributed by atoms with Gasteiger partial charge >= 0.3 is 0 Å². The van der Waals surface area contributed by atoms with Crippen molar-refractivity contribution in [1.29, 1.82) is 0 Å². The average molecular weight is 226 g/mol. The minimum absolute atomic E-state index is 0.0839. The SMILES string of the molecule is CCCc1ccc(C(N)c2cccnc2)cc1. The van der Waals surface area contributed by atoms with Crippen LogP contribution in [0.4, 0.5) is 0 Å². The van der Waals surface area contributed by atoms with Crippen molar-refractivity contribution in [3.05, 3.63) is 65.5 Å². The first kappa shape index (κ1) is 11.8. The van der Waals surface area contributed by atoms with Crippen molar-refractivity contribution in [1.82, 2.24) is 4.98 Å². The van der Waals surface area contributed by atoms with Gasteiger partial charge in [0, 0.05) is 12.4 Å². The van der Waals surface area contributed by atoms with Crippen LogP contribution in [0.3, 0.4) is 0 Å². The molecule has 2 aromatic rings. The summed E-state index contributed by atoms with van der Waals surface area (Å²) in [5.41, 5.74) is 9.76. The molecule has 1 unspecified atom stereocenters. The summed E-state index contributed by atoms with van der Waals surface area (Å²) in [4.78, 5) is 4.10. The second kappa shape index (κ2) is 5.60. The fourth-order valence-electron chi connectivity index (χ4n) is 1.93. The van der Waals surface area contributed by atoms with Crippen molar-refractivity contribution in [2.75, 3.05) is 0 Å². The molecule has 17 heavy (non-hydrogen) atoms. The summed E-state index contributed by atoms with van der Waals surface area (Å²) in [6.45, 7) is 2.19. The first-order chi connectivity index (χ1) is 8.31. The lowest BCUT2D eigenvalue weighted by atomic mass is 9.99. The zero-order valence-electron chi connectivity index (χ0n) is 10.1. The predicted molar refractivity (Wildman–Crippen MR) is 70.7 cm³/mol. The Kier molecular flexibility index (Phi) is 3.89. The third kappa shape index (κ3) is 2.92. The van der Waals surface area contributed by atoms with E-state index in [0.29, 0.717) is 0 Å². The topological polar surface area (TPSA) is 38.9 Å². The molecule has 1 aromatic heterocycles. The number of nitrogens with zero attached hydrogens (tertiary/aromatic N) is 1. The Morgan fingerprint density at radius 1 is 1.12 bits per heavy atom. The molecule has 2 heteroatoms. The first-order valence-electron chi connectivity index (χ1n) is 6.05. The van der Waals surface area contributed by atoms with Crippen LogP contribution in [0.15, 0.2) is 48.8 Å². The second-order valence-corrected chi connectivity index (χ2v) is 4.26. The second-order valence-electron chi connectivity index (χ2n) is 4.26. The van der Waals surface area contributed by atoms with Gasteiger partial charge in [0.2, 0.25) is 0 Å². The Bertz CT molecular complexity index is 448. The van der Waals surface area contributed by atoms with E-state index in [1.807, 2.05) is 18.3 Å². The third-order valence-corrected chi connectivity index (χ3v) is 2.92. The van der Waals surface area contributed by atoms with Crippen molar-refractivity contribution in [3.8, 4) is 0 Å². The van der Waals surface area contributed by atoms with E-state index in [-0.39, 0.29) is 6.04 Å². The Hall–Kier alpha value is -1.67. The number of pyridine rings is 1. The summed E-state index contributed by atoms with van der Waals surface area (Å²) < 4.78 is 0. The monoisotopic (exact) mass is 226 g/mol. The van der Waals surface area contributed by atoms with Crippen molar-refractivity contribution >= 4 is 0 Å². The molecule has 1 heterocycles. The lowest BCUT2D eigenvalue weighted by Gasteiger charge is -2.12. The molecule has 0 aliphatic heterocycles. The Labute approximate surface area is 103 Å². The number of hydrogen-bond donors (Lipinski definition) is 1. The summed E-state index contributed by atoms with van der Waals surface area (Å²) in [5, 5.41) is 0. The van der Waals surface area contributed by atoms with Crippen molar-refractivity contribution in [2.45, 2.75) is 25.8 Å². The van der Waals surface area contributed by atoms with Gasteiger partial charge in [-0.25, -0.2) is 0 Å². The van der Waals surface area contributed by atoms with Crippen LogP contribution in [0.25, 0.3) is 0 Å². The molecule has 0 aliphatic rings. The standard InChI is InChI=1S/C15H18N2/c1-2-4-12-6-8-13(9-7-12)15(16)14-5-3-10-17-11-14/h3,5-11,15H,2,4,16H2,1H3. The molecule has 0 saturated heterocycles. The van der Waals surface area contributed by atoms with Crippen LogP contribution in [0.2, 0.25) is 0 Å². The van der Waals surface area contributed by atoms with E-state index in [1.54, 1.807) is 6.20 Å². The quantitative estimate of drug-likeness (QED) is 0.870. The molecule has 2 rings (SSSR count). The number of aromatic nitrogens is 1. The molecule has 0 bridgehead atoms. The maximum Gasteiger partial charge on any atom is 0.0566 e. The molecule has 0 saturated carbocycles. The van der Waals surface area contributed by atoms with Gasteiger partial charge < -0.3 is 5.73 Å². The van der Waals surface area contributed by atoms with Gasteiger partial charge in [0.15, 0.2) is 0 Å². The van der Waals surface area contributed by atoms with Crippen LogP contribution in [0.1, 0.15) is 36.1 Å². The molecule has 0 amide bonds. The van der Waals surface area contributed by atoms with Gasteiger partial charge in [0.1, 0.15) is 0 Å². The Morgan fingerprint density at radius 2 is 1.88 bits per heavy atom. The van der Waals surface area contributed by atoms with Crippen LogP contribution < -0.4 is 5.73 Å². The summed E-state index contributed by atoms with van der Waals surface area (Å²) in [5.74, 6) is 0. The number of rotatable bonds is 4. The van der Waals surface area contributed by atoms with E-state index < -0.39 is 0 Å². The van der Waals surface area contributed by atoms with Crippen LogP contribution in [0, 0.1) is 0 Å². The van der Waals surface area contributed by atoms with Gasteiger partial charge in [-0.1, -0.05) is 43.7 Å². The van der Waals surface area contributed by atoms with Crippen LogP contribution in [0.5, 0.6) is 0 Å². The van der Waals surface area contributed by atoms with Crippen molar-refractivity contribution in [2.24, 2.45) is 5.73 Å². The molecule has 0 fully saturated rings. The van der Waals surface area contributed by atoms with E-state index in [4.69, 9.17) is 5.73 Å². The minimum Gasteiger partial charge on any atom is -0.320 e. The van der Waals surface area contributed by atoms with E-state index in [2.05, 4.69) is 36.2 Å². The highest BCUT2D eigenvalue weighted by Gasteiger charge is 2.08. The van der Waals surface area contributed by atoms with E-state index in [0.717, 1.165) is 17.5 Å². The maximum atomic E-state index is 6.20. The minimum atomic E-state index is -0.0839. The highest BCUT2D eigenvalue weighted by Crippen LogP contribution is 2.19. The van der Waals surface area contributed by atoms with Gasteiger partial charge in [0.05, 0.1) is 6.04 Å². The van der Waals surface area contributed by atoms with Gasteiger partial charge in [0.25, 0.3) is 0 Å². The number of nitrogens with two attached hydrogens (primary N) is 1. The van der Waals surface area contributed by atoms with Crippen LogP contribution >= 0.6 is 0 Å². The van der Waals surface area contributed by atoms with E-state index in [1.165, 1.54) is 12.0 Å². The Morgan fingerprint density at radius 3 is 2.47 bits per heavy atom. The lowest BCUT2D eigenvalue weighted by molar-refractivity contribution is 0.858. The zero-order chi connectivity index (χ0) is 12.1. The molecule has 2 nitrogen and oxygen atoms in total. The van der Waals surface area contributed by atoms with E-state index >= 15 is 0 Å². The van der Waals surface area contributed by atoms with Crippen molar-refractivity contribution < 1.29 is 0 Å². The molecule has 0 radical (unpaired) electrons. The normalized spacial score (nSPS) is 12.4. The summed E-state index contributed by atoms with van der Waals surface area (Å²) in [6, 6.07) is 12.4. The Balaban J connectivity index is 2.17. The van der Waals surface area contributed by atoms with Crippen molar-refractivity contribution in [3.63, 3.8) is 0 Å². The molecular weight excluding hydrogens is 208 g/mol. The average Bonchev–Trinajstić information content (AvgIpc) is 2.40. The highest BCUT2D eigenvalue weighted by atomic mass is 14.7. The molecule has 0 spiro atoms. The van der Waals surface area contributed by atoms with E-state index in [9.17, 15) is 0 Å². The summed E-state index contributed by atoms with van der Waals surface area (Å²) in [6.07, 6.45) is 5.89. The molecule has 88 valence electrons. The maximum absolute atomic E-state index is 6.20. The van der Waals surface area contributed by atoms with Gasteiger partial charge in [-0.3, -0.25) is 4.98 Å². The number of aryl methyl sites for hydroxylation is 1. The molecule has 1 aromatic carbocycles. The van der Waals surface area contributed by atoms with Crippen LogP contribution in [-0.4, -0.2) is 4.98 Å². The summed E-state index contributed by atoms with van der Waals surface area (Å²) in [7, 11) is 0.